The fourth-order valence-electron chi connectivity index (χ4n) is 4.34. The van der Waals surface area contributed by atoms with Crippen molar-refractivity contribution in [3.8, 4) is 23.1 Å². The first-order valence-corrected chi connectivity index (χ1v) is 12.8. The summed E-state index contributed by atoms with van der Waals surface area (Å²) in [6, 6.07) is 23.7. The van der Waals surface area contributed by atoms with Crippen LogP contribution in [0.3, 0.4) is 0 Å². The average Bonchev–Trinajstić information content (AvgIpc) is 3.43. The zero-order valence-corrected chi connectivity index (χ0v) is 21.4. The zero-order valence-electron chi connectivity index (χ0n) is 21.4. The molecule has 196 valence electrons. The molecule has 9 heteroatoms. The molecule has 1 fully saturated rings. The number of pyridine rings is 1. The molecule has 1 aliphatic heterocycles. The SMILES string of the molecule is O=C(Nc1cc(C#Cc2cnc3ccc(-c4ccc(C(=O)N5CCOCC5)cc4)nn23)ccn1)c1ccccc1. The highest BCUT2D eigenvalue weighted by molar-refractivity contribution is 6.03. The number of nitrogens with zero attached hydrogens (tertiary/aromatic N) is 5. The van der Waals surface area contributed by atoms with Gasteiger partial charge in [0.15, 0.2) is 5.65 Å². The van der Waals surface area contributed by atoms with Crippen molar-refractivity contribution in [2.75, 3.05) is 31.6 Å². The Kier molecular flexibility index (Phi) is 6.99. The second-order valence-electron chi connectivity index (χ2n) is 9.11. The Morgan fingerprint density at radius 3 is 2.45 bits per heavy atom. The summed E-state index contributed by atoms with van der Waals surface area (Å²) in [6.07, 6.45) is 3.27. The van der Waals surface area contributed by atoms with E-state index in [1.54, 1.807) is 41.2 Å². The van der Waals surface area contributed by atoms with Gasteiger partial charge >= 0.3 is 0 Å². The topological polar surface area (TPSA) is 102 Å². The number of carbonyl (C=O) groups is 2. The second-order valence-corrected chi connectivity index (χ2v) is 9.11. The van der Waals surface area contributed by atoms with Crippen LogP contribution in [0.5, 0.6) is 0 Å². The number of fused-ring (bicyclic) bond motifs is 1. The van der Waals surface area contributed by atoms with Crippen molar-refractivity contribution < 1.29 is 14.3 Å². The Morgan fingerprint density at radius 1 is 0.850 bits per heavy atom. The lowest BCUT2D eigenvalue weighted by Gasteiger charge is -2.26. The molecule has 0 atom stereocenters. The predicted molar refractivity (Wildman–Crippen MR) is 150 cm³/mol. The molecule has 9 nitrogen and oxygen atoms in total. The fourth-order valence-corrected chi connectivity index (χ4v) is 4.34. The van der Waals surface area contributed by atoms with Gasteiger partial charge in [-0.1, -0.05) is 36.3 Å². The summed E-state index contributed by atoms with van der Waals surface area (Å²) < 4.78 is 7.03. The van der Waals surface area contributed by atoms with Gasteiger partial charge in [-0.2, -0.15) is 5.10 Å². The van der Waals surface area contributed by atoms with Crippen molar-refractivity contribution in [2.45, 2.75) is 0 Å². The molecule has 40 heavy (non-hydrogen) atoms. The molecule has 1 N–H and O–H groups in total. The number of benzene rings is 2. The van der Waals surface area contributed by atoms with Crippen molar-refractivity contribution in [3.05, 3.63) is 114 Å². The Labute approximate surface area is 230 Å². The molecule has 3 aromatic heterocycles. The van der Waals surface area contributed by atoms with Crippen LogP contribution in [0.25, 0.3) is 16.9 Å². The Balaban J connectivity index is 1.20. The van der Waals surface area contributed by atoms with Gasteiger partial charge in [0, 0.05) is 41.5 Å². The van der Waals surface area contributed by atoms with Gasteiger partial charge in [-0.25, -0.2) is 14.5 Å². The standard InChI is InChI=1S/C31H24N6O3/c38-30(24-4-2-1-3-5-24)34-28-20-22(14-15-32-28)6-11-26-21-33-29-13-12-27(35-37(26)29)23-7-9-25(10-8-23)31(39)36-16-18-40-19-17-36/h1-5,7-10,12-15,20-21H,16-19H2,(H,32,34,38). The van der Waals surface area contributed by atoms with Gasteiger partial charge in [0.05, 0.1) is 25.1 Å². The monoisotopic (exact) mass is 528 g/mol. The van der Waals surface area contributed by atoms with E-state index in [2.05, 4.69) is 27.1 Å². The largest absolute Gasteiger partial charge is 0.378 e. The number of nitrogens with one attached hydrogen (secondary N) is 1. The van der Waals surface area contributed by atoms with Gasteiger partial charge < -0.3 is 15.0 Å². The van der Waals surface area contributed by atoms with E-state index >= 15 is 0 Å². The number of imidazole rings is 1. The molecule has 2 amide bonds. The van der Waals surface area contributed by atoms with E-state index in [4.69, 9.17) is 9.84 Å². The van der Waals surface area contributed by atoms with Crippen LogP contribution >= 0.6 is 0 Å². The molecule has 0 aliphatic carbocycles. The van der Waals surface area contributed by atoms with Crippen molar-refractivity contribution in [1.82, 2.24) is 24.5 Å². The highest BCUT2D eigenvalue weighted by atomic mass is 16.5. The minimum atomic E-state index is -0.241. The van der Waals surface area contributed by atoms with Crippen LogP contribution in [0, 0.1) is 11.8 Å². The van der Waals surface area contributed by atoms with E-state index in [0.717, 1.165) is 11.3 Å². The molecular weight excluding hydrogens is 504 g/mol. The third kappa shape index (κ3) is 5.43. The fraction of sp³-hybridized carbons (Fsp3) is 0.129. The quantitative estimate of drug-likeness (QED) is 0.355. The van der Waals surface area contributed by atoms with E-state index < -0.39 is 0 Å². The molecule has 0 saturated carbocycles. The van der Waals surface area contributed by atoms with Crippen molar-refractivity contribution in [1.29, 1.82) is 0 Å². The van der Waals surface area contributed by atoms with Crippen molar-refractivity contribution in [3.63, 3.8) is 0 Å². The number of hydrogen-bond acceptors (Lipinski definition) is 6. The number of hydrogen-bond donors (Lipinski definition) is 1. The van der Waals surface area contributed by atoms with Gasteiger partial charge in [0.1, 0.15) is 11.5 Å². The van der Waals surface area contributed by atoms with Crippen LogP contribution in [0.4, 0.5) is 5.82 Å². The highest BCUT2D eigenvalue weighted by Crippen LogP contribution is 2.20. The van der Waals surface area contributed by atoms with Gasteiger partial charge in [-0.3, -0.25) is 9.59 Å². The maximum atomic E-state index is 12.8. The van der Waals surface area contributed by atoms with Crippen molar-refractivity contribution in [2.24, 2.45) is 0 Å². The molecule has 0 radical (unpaired) electrons. The maximum Gasteiger partial charge on any atom is 0.256 e. The van der Waals surface area contributed by atoms with E-state index in [-0.39, 0.29) is 11.8 Å². The first-order valence-electron chi connectivity index (χ1n) is 12.8. The number of rotatable bonds is 4. The van der Waals surface area contributed by atoms with Crippen molar-refractivity contribution >= 4 is 23.3 Å². The lowest BCUT2D eigenvalue weighted by molar-refractivity contribution is 0.0303. The molecule has 1 aliphatic rings. The van der Waals surface area contributed by atoms with Crippen LogP contribution in [-0.2, 0) is 4.74 Å². The first kappa shape index (κ1) is 25.0. The first-order chi connectivity index (χ1) is 19.6. The third-order valence-electron chi connectivity index (χ3n) is 6.46. The van der Waals surface area contributed by atoms with Gasteiger partial charge in [0.25, 0.3) is 11.8 Å². The summed E-state index contributed by atoms with van der Waals surface area (Å²) in [6.45, 7) is 2.34. The number of carbonyl (C=O) groups excluding carboxylic acids is 2. The van der Waals surface area contributed by atoms with Crippen LogP contribution in [0.15, 0.2) is 91.3 Å². The molecule has 0 bridgehead atoms. The van der Waals surface area contributed by atoms with Crippen LogP contribution in [0.2, 0.25) is 0 Å². The van der Waals surface area contributed by atoms with E-state index in [1.165, 1.54) is 0 Å². The summed E-state index contributed by atoms with van der Waals surface area (Å²) in [5.41, 5.74) is 4.75. The van der Waals surface area contributed by atoms with Gasteiger partial charge in [0.2, 0.25) is 0 Å². The average molecular weight is 529 g/mol. The normalized spacial score (nSPS) is 12.9. The molecule has 0 unspecified atom stereocenters. The number of morpholine rings is 1. The lowest BCUT2D eigenvalue weighted by atomic mass is 10.1. The summed E-state index contributed by atoms with van der Waals surface area (Å²) in [4.78, 5) is 35.7. The second kappa shape index (κ2) is 11.2. The summed E-state index contributed by atoms with van der Waals surface area (Å²) >= 11 is 0. The molecule has 6 rings (SSSR count). The van der Waals surface area contributed by atoms with Crippen LogP contribution in [0.1, 0.15) is 32.0 Å². The van der Waals surface area contributed by atoms with E-state index in [9.17, 15) is 9.59 Å². The zero-order chi connectivity index (χ0) is 27.3. The van der Waals surface area contributed by atoms with E-state index in [0.29, 0.717) is 60.2 Å². The third-order valence-corrected chi connectivity index (χ3v) is 6.46. The Hall–Kier alpha value is -5.33. The number of amides is 2. The number of aromatic nitrogens is 4. The van der Waals surface area contributed by atoms with E-state index in [1.807, 2.05) is 59.5 Å². The highest BCUT2D eigenvalue weighted by Gasteiger charge is 2.18. The maximum absolute atomic E-state index is 12.8. The molecule has 0 spiro atoms. The summed E-state index contributed by atoms with van der Waals surface area (Å²) in [5, 5.41) is 7.54. The molecule has 5 aromatic rings. The summed E-state index contributed by atoms with van der Waals surface area (Å²) in [7, 11) is 0. The Morgan fingerprint density at radius 2 is 1.65 bits per heavy atom. The molecular formula is C31H24N6O3. The van der Waals surface area contributed by atoms with Crippen LogP contribution < -0.4 is 5.32 Å². The molecule has 1 saturated heterocycles. The number of anilines is 1. The van der Waals surface area contributed by atoms with Gasteiger partial charge in [-0.05, 0) is 54.5 Å². The lowest BCUT2D eigenvalue weighted by Crippen LogP contribution is -2.40. The molecule has 2 aromatic carbocycles. The minimum absolute atomic E-state index is 0.00401. The molecule has 4 heterocycles. The van der Waals surface area contributed by atoms with Crippen LogP contribution in [-0.4, -0.2) is 62.6 Å². The summed E-state index contributed by atoms with van der Waals surface area (Å²) in [5.74, 6) is 6.41. The smallest absolute Gasteiger partial charge is 0.256 e. The minimum Gasteiger partial charge on any atom is -0.378 e. The number of ether oxygens (including phenoxy) is 1. The van der Waals surface area contributed by atoms with Gasteiger partial charge in [-0.15, -0.1) is 0 Å². The predicted octanol–water partition coefficient (Wildman–Crippen LogP) is 3.92. The Bertz CT molecular complexity index is 1750.